The molecule has 0 aromatic heterocycles. The number of rotatable bonds is 4. The molecule has 5 rings (SSSR count). The summed E-state index contributed by atoms with van der Waals surface area (Å²) in [7, 11) is 0. The summed E-state index contributed by atoms with van der Waals surface area (Å²) < 4.78 is 0. The van der Waals surface area contributed by atoms with Crippen LogP contribution in [0, 0.1) is 0 Å². The fourth-order valence-corrected chi connectivity index (χ4v) is 3.78. The van der Waals surface area contributed by atoms with Gasteiger partial charge in [0, 0.05) is 11.4 Å². The molecular weight excluding hydrogens is 350 g/mol. The Balaban J connectivity index is 1.41. The van der Waals surface area contributed by atoms with Gasteiger partial charge < -0.3 is 5.32 Å². The number of benzene rings is 5. The molecule has 0 unspecified atom stereocenters. The fraction of sp³-hybridized carbons (Fsp3) is 0. The number of nitrogens with one attached hydrogen (secondary N) is 1. The highest BCUT2D eigenvalue weighted by Gasteiger charge is 2.04. The first kappa shape index (κ1) is 17.3. The molecule has 29 heavy (non-hydrogen) atoms. The van der Waals surface area contributed by atoms with Crippen LogP contribution in [0.25, 0.3) is 33.0 Å². The van der Waals surface area contributed by atoms with E-state index in [-0.39, 0.29) is 0 Å². The largest absolute Gasteiger partial charge is 0.356 e. The highest BCUT2D eigenvalue weighted by Crippen LogP contribution is 2.30. The maximum atomic E-state index is 3.53. The molecule has 0 bridgehead atoms. The summed E-state index contributed by atoms with van der Waals surface area (Å²) in [4.78, 5) is 0. The average molecular weight is 371 g/mol. The zero-order valence-corrected chi connectivity index (χ0v) is 16.0. The lowest BCUT2D eigenvalue weighted by molar-refractivity contribution is 1.53. The van der Waals surface area contributed by atoms with Crippen molar-refractivity contribution in [2.45, 2.75) is 0 Å². The number of hydrogen-bond acceptors (Lipinski definition) is 1. The van der Waals surface area contributed by atoms with Crippen molar-refractivity contribution in [2.24, 2.45) is 0 Å². The minimum atomic E-state index is 1.08. The normalized spacial score (nSPS) is 10.8. The van der Waals surface area contributed by atoms with E-state index in [0.29, 0.717) is 0 Å². The minimum absolute atomic E-state index is 1.08. The van der Waals surface area contributed by atoms with Crippen molar-refractivity contribution in [3.05, 3.63) is 121 Å². The number of hydrogen-bond donors (Lipinski definition) is 1. The average Bonchev–Trinajstić information content (AvgIpc) is 2.80. The van der Waals surface area contributed by atoms with E-state index >= 15 is 0 Å². The highest BCUT2D eigenvalue weighted by atomic mass is 14.9. The molecule has 1 nitrogen and oxygen atoms in total. The lowest BCUT2D eigenvalue weighted by Gasteiger charge is -2.11. The first-order valence-corrected chi connectivity index (χ1v) is 9.87. The van der Waals surface area contributed by atoms with Crippen LogP contribution in [-0.2, 0) is 0 Å². The molecule has 5 aromatic rings. The molecule has 0 aliphatic rings. The second-order valence-corrected chi connectivity index (χ2v) is 7.18. The number of fused-ring (bicyclic) bond motifs is 1. The first-order chi connectivity index (χ1) is 14.4. The van der Waals surface area contributed by atoms with Crippen molar-refractivity contribution in [1.29, 1.82) is 0 Å². The van der Waals surface area contributed by atoms with Gasteiger partial charge >= 0.3 is 0 Å². The Labute approximate surface area is 171 Å². The Bertz CT molecular complexity index is 1250. The monoisotopic (exact) mass is 371 g/mol. The molecule has 0 aliphatic heterocycles. The SMILES string of the molecule is c1ccc(-c2cccc(Nc3ccc(-c4cccc5ccccc45)cc3)c2)cc1. The van der Waals surface area contributed by atoms with Crippen LogP contribution in [-0.4, -0.2) is 0 Å². The van der Waals surface area contributed by atoms with Gasteiger partial charge in [-0.1, -0.05) is 97.1 Å². The zero-order valence-electron chi connectivity index (χ0n) is 16.0. The summed E-state index contributed by atoms with van der Waals surface area (Å²) in [5, 5.41) is 6.08. The van der Waals surface area contributed by atoms with Crippen LogP contribution >= 0.6 is 0 Å². The Hall–Kier alpha value is -3.84. The minimum Gasteiger partial charge on any atom is -0.356 e. The van der Waals surface area contributed by atoms with Crippen molar-refractivity contribution in [3.8, 4) is 22.3 Å². The van der Waals surface area contributed by atoms with Crippen LogP contribution in [0.4, 0.5) is 11.4 Å². The van der Waals surface area contributed by atoms with Crippen LogP contribution in [0.5, 0.6) is 0 Å². The summed E-state index contributed by atoms with van der Waals surface area (Å²) in [5.41, 5.74) is 7.10. The second-order valence-electron chi connectivity index (χ2n) is 7.18. The van der Waals surface area contributed by atoms with Crippen LogP contribution in [0.2, 0.25) is 0 Å². The van der Waals surface area contributed by atoms with Gasteiger partial charge in [-0.3, -0.25) is 0 Å². The molecule has 0 atom stereocenters. The number of anilines is 2. The third-order valence-corrected chi connectivity index (χ3v) is 5.24. The van der Waals surface area contributed by atoms with E-state index in [1.165, 1.54) is 33.0 Å². The topological polar surface area (TPSA) is 12.0 Å². The van der Waals surface area contributed by atoms with Gasteiger partial charge in [-0.2, -0.15) is 0 Å². The predicted octanol–water partition coefficient (Wildman–Crippen LogP) is 7.92. The molecule has 0 amide bonds. The molecule has 5 aromatic carbocycles. The molecule has 0 saturated heterocycles. The lowest BCUT2D eigenvalue weighted by Crippen LogP contribution is -1.91. The maximum absolute atomic E-state index is 3.53. The maximum Gasteiger partial charge on any atom is 0.0390 e. The predicted molar refractivity (Wildman–Crippen MR) is 125 cm³/mol. The van der Waals surface area contributed by atoms with Gasteiger partial charge in [0.05, 0.1) is 0 Å². The van der Waals surface area contributed by atoms with E-state index in [2.05, 4.69) is 121 Å². The van der Waals surface area contributed by atoms with Crippen molar-refractivity contribution in [3.63, 3.8) is 0 Å². The van der Waals surface area contributed by atoms with Crippen molar-refractivity contribution >= 4 is 22.1 Å². The van der Waals surface area contributed by atoms with Crippen LogP contribution < -0.4 is 5.32 Å². The Morgan fingerprint density at radius 2 is 1.10 bits per heavy atom. The summed E-state index contributed by atoms with van der Waals surface area (Å²) in [6.45, 7) is 0. The molecule has 0 aliphatic carbocycles. The summed E-state index contributed by atoms with van der Waals surface area (Å²) in [6.07, 6.45) is 0. The molecule has 0 fully saturated rings. The molecule has 1 heteroatoms. The lowest BCUT2D eigenvalue weighted by atomic mass is 9.98. The third-order valence-electron chi connectivity index (χ3n) is 5.24. The van der Waals surface area contributed by atoms with Gasteiger partial charge in [0.1, 0.15) is 0 Å². The van der Waals surface area contributed by atoms with Gasteiger partial charge in [0.2, 0.25) is 0 Å². The van der Waals surface area contributed by atoms with Gasteiger partial charge in [0.15, 0.2) is 0 Å². The van der Waals surface area contributed by atoms with Gasteiger partial charge in [-0.05, 0) is 57.3 Å². The van der Waals surface area contributed by atoms with Crippen LogP contribution in [0.15, 0.2) is 121 Å². The smallest absolute Gasteiger partial charge is 0.0390 e. The third kappa shape index (κ3) is 3.63. The van der Waals surface area contributed by atoms with E-state index in [1.807, 2.05) is 6.07 Å². The quantitative estimate of drug-likeness (QED) is 0.338. The highest BCUT2D eigenvalue weighted by molar-refractivity contribution is 5.96. The first-order valence-electron chi connectivity index (χ1n) is 9.87. The van der Waals surface area contributed by atoms with Crippen LogP contribution in [0.3, 0.4) is 0 Å². The van der Waals surface area contributed by atoms with Crippen molar-refractivity contribution < 1.29 is 0 Å². The fourth-order valence-electron chi connectivity index (χ4n) is 3.78. The van der Waals surface area contributed by atoms with E-state index in [4.69, 9.17) is 0 Å². The molecule has 1 N–H and O–H groups in total. The standard InChI is InChI=1S/C28H21N/c1-2-8-21(9-3-1)24-12-6-13-26(20-24)29-25-18-16-23(17-19-25)28-15-7-11-22-10-4-5-14-27(22)28/h1-20,29H. The molecule has 0 saturated carbocycles. The van der Waals surface area contributed by atoms with E-state index in [0.717, 1.165) is 11.4 Å². The Morgan fingerprint density at radius 1 is 0.414 bits per heavy atom. The molecular formula is C28H21N. The molecule has 0 radical (unpaired) electrons. The summed E-state index contributed by atoms with van der Waals surface area (Å²) >= 11 is 0. The second kappa shape index (κ2) is 7.65. The van der Waals surface area contributed by atoms with Gasteiger partial charge in [-0.25, -0.2) is 0 Å². The van der Waals surface area contributed by atoms with E-state index in [9.17, 15) is 0 Å². The molecule has 0 spiro atoms. The van der Waals surface area contributed by atoms with Crippen molar-refractivity contribution in [2.75, 3.05) is 5.32 Å². The van der Waals surface area contributed by atoms with Crippen LogP contribution in [0.1, 0.15) is 0 Å². The van der Waals surface area contributed by atoms with Gasteiger partial charge in [-0.15, -0.1) is 0 Å². The Morgan fingerprint density at radius 3 is 1.97 bits per heavy atom. The Kier molecular flexibility index (Phi) is 4.56. The van der Waals surface area contributed by atoms with Gasteiger partial charge in [0.25, 0.3) is 0 Å². The summed E-state index contributed by atoms with van der Waals surface area (Å²) in [5.74, 6) is 0. The molecule has 0 heterocycles. The molecule has 138 valence electrons. The van der Waals surface area contributed by atoms with E-state index in [1.54, 1.807) is 0 Å². The summed E-state index contributed by atoms with van der Waals surface area (Å²) in [6, 6.07) is 42.7. The zero-order chi connectivity index (χ0) is 19.5. The van der Waals surface area contributed by atoms with Crippen molar-refractivity contribution in [1.82, 2.24) is 0 Å². The van der Waals surface area contributed by atoms with E-state index < -0.39 is 0 Å².